The van der Waals surface area contributed by atoms with Crippen molar-refractivity contribution in [3.05, 3.63) is 42.0 Å². The van der Waals surface area contributed by atoms with Crippen molar-refractivity contribution in [3.63, 3.8) is 0 Å². The molecule has 2 aliphatic heterocycles. The van der Waals surface area contributed by atoms with Crippen molar-refractivity contribution in [2.45, 2.75) is 58.4 Å². The van der Waals surface area contributed by atoms with E-state index >= 15 is 0 Å². The lowest BCUT2D eigenvalue weighted by Gasteiger charge is -2.33. The van der Waals surface area contributed by atoms with Crippen LogP contribution in [0, 0.1) is 5.92 Å². The first-order valence-corrected chi connectivity index (χ1v) is 12.5. The van der Waals surface area contributed by atoms with E-state index in [1.54, 1.807) is 0 Å². The molecule has 1 aromatic heterocycles. The monoisotopic (exact) mass is 452 g/mol. The van der Waals surface area contributed by atoms with E-state index in [0.717, 1.165) is 37.8 Å². The molecule has 2 aromatic rings. The van der Waals surface area contributed by atoms with Gasteiger partial charge < -0.3 is 20.4 Å². The minimum absolute atomic E-state index is 0.104. The molecule has 2 fully saturated rings. The fraction of sp³-hybridized carbons (Fsp3) is 0.560. The third kappa shape index (κ3) is 6.09. The summed E-state index contributed by atoms with van der Waals surface area (Å²) in [4.78, 5) is 14.6. The molecule has 2 atom stereocenters. The second kappa shape index (κ2) is 10.9. The molecule has 32 heavy (non-hydrogen) atoms. The highest BCUT2D eigenvalue weighted by molar-refractivity contribution is 7.80. The molecule has 2 N–H and O–H groups in total. The number of piperidine rings is 1. The molecule has 1 aromatic carbocycles. The van der Waals surface area contributed by atoms with Crippen molar-refractivity contribution in [3.8, 4) is 0 Å². The molecule has 4 rings (SSSR count). The second-order valence-corrected chi connectivity index (χ2v) is 9.64. The molecule has 0 amide bonds. The standard InChI is InChI=1S/C25H36N6S/c1-19-11-10-16-31(18-19)23-17-22(30-14-8-3-4-9-15-30)27-24(28-23)29-25(32)26-20(2)21-12-6-5-7-13-21/h5-7,12-13,17,19-20H,3-4,8-11,14-16,18H2,1-2H3,(H2,26,27,28,29,32). The van der Waals surface area contributed by atoms with Gasteiger partial charge >= 0.3 is 0 Å². The number of nitrogens with zero attached hydrogens (tertiary/aromatic N) is 4. The Morgan fingerprint density at radius 2 is 1.62 bits per heavy atom. The zero-order chi connectivity index (χ0) is 22.3. The molecular weight excluding hydrogens is 416 g/mol. The van der Waals surface area contributed by atoms with Crippen molar-refractivity contribution < 1.29 is 0 Å². The predicted molar refractivity (Wildman–Crippen MR) is 138 cm³/mol. The maximum absolute atomic E-state index is 5.62. The van der Waals surface area contributed by atoms with E-state index in [1.807, 2.05) is 18.2 Å². The van der Waals surface area contributed by atoms with E-state index in [1.165, 1.54) is 44.1 Å². The molecule has 6 nitrogen and oxygen atoms in total. The van der Waals surface area contributed by atoms with Crippen LogP contribution in [0.3, 0.4) is 0 Å². The van der Waals surface area contributed by atoms with E-state index in [-0.39, 0.29) is 6.04 Å². The van der Waals surface area contributed by atoms with Crippen molar-refractivity contribution >= 4 is 34.9 Å². The Kier molecular flexibility index (Phi) is 7.79. The van der Waals surface area contributed by atoms with E-state index in [2.05, 4.69) is 52.5 Å². The largest absolute Gasteiger partial charge is 0.356 e. The summed E-state index contributed by atoms with van der Waals surface area (Å²) in [6, 6.07) is 12.6. The summed E-state index contributed by atoms with van der Waals surface area (Å²) in [7, 11) is 0. The average Bonchev–Trinajstić information content (AvgIpc) is 3.09. The fourth-order valence-corrected chi connectivity index (χ4v) is 4.93. The molecule has 0 spiro atoms. The van der Waals surface area contributed by atoms with Crippen LogP contribution < -0.4 is 20.4 Å². The van der Waals surface area contributed by atoms with Crippen LogP contribution in [0.4, 0.5) is 17.6 Å². The summed E-state index contributed by atoms with van der Waals surface area (Å²) >= 11 is 5.62. The van der Waals surface area contributed by atoms with Gasteiger partial charge in [-0.25, -0.2) is 0 Å². The van der Waals surface area contributed by atoms with E-state index in [4.69, 9.17) is 22.2 Å². The number of benzene rings is 1. The second-order valence-electron chi connectivity index (χ2n) is 9.23. The number of rotatable bonds is 5. The van der Waals surface area contributed by atoms with Crippen LogP contribution in [0.2, 0.25) is 0 Å². The lowest BCUT2D eigenvalue weighted by Crippen LogP contribution is -2.36. The number of nitrogens with one attached hydrogen (secondary N) is 2. The summed E-state index contributed by atoms with van der Waals surface area (Å²) in [6.07, 6.45) is 7.54. The number of aromatic nitrogens is 2. The normalized spacial score (nSPS) is 20.4. The van der Waals surface area contributed by atoms with Crippen LogP contribution in [-0.4, -0.2) is 41.3 Å². The molecule has 0 aliphatic carbocycles. The van der Waals surface area contributed by atoms with Gasteiger partial charge in [-0.15, -0.1) is 0 Å². The summed E-state index contributed by atoms with van der Waals surface area (Å²) in [5.74, 6) is 3.28. The van der Waals surface area contributed by atoms with Crippen LogP contribution in [0.15, 0.2) is 36.4 Å². The van der Waals surface area contributed by atoms with Crippen molar-refractivity contribution in [2.75, 3.05) is 41.3 Å². The van der Waals surface area contributed by atoms with Gasteiger partial charge in [0, 0.05) is 32.2 Å². The van der Waals surface area contributed by atoms with Gasteiger partial charge in [0.2, 0.25) is 5.95 Å². The maximum atomic E-state index is 5.62. The van der Waals surface area contributed by atoms with Crippen LogP contribution in [0.25, 0.3) is 0 Å². The van der Waals surface area contributed by atoms with Gasteiger partial charge in [0.05, 0.1) is 6.04 Å². The SMILES string of the molecule is CC1CCCN(c2cc(N3CCCCCC3)nc(NC(=S)NC(C)c3ccccc3)n2)C1. The number of hydrogen-bond acceptors (Lipinski definition) is 5. The molecule has 3 heterocycles. The smallest absolute Gasteiger partial charge is 0.232 e. The first-order chi connectivity index (χ1) is 15.6. The molecule has 0 radical (unpaired) electrons. The Morgan fingerprint density at radius 3 is 2.31 bits per heavy atom. The van der Waals surface area contributed by atoms with Crippen molar-refractivity contribution in [2.24, 2.45) is 5.92 Å². The van der Waals surface area contributed by atoms with Gasteiger partial charge in [0.1, 0.15) is 11.6 Å². The Hall–Kier alpha value is -2.41. The zero-order valence-electron chi connectivity index (χ0n) is 19.4. The molecular formula is C25H36N6S. The Morgan fingerprint density at radius 1 is 0.969 bits per heavy atom. The maximum Gasteiger partial charge on any atom is 0.232 e. The highest BCUT2D eigenvalue weighted by Gasteiger charge is 2.21. The highest BCUT2D eigenvalue weighted by atomic mass is 32.1. The van der Waals surface area contributed by atoms with Crippen LogP contribution >= 0.6 is 12.2 Å². The Bertz CT molecular complexity index is 861. The quantitative estimate of drug-likeness (QED) is 0.609. The lowest BCUT2D eigenvalue weighted by molar-refractivity contribution is 0.444. The predicted octanol–water partition coefficient (Wildman–Crippen LogP) is 5.14. The summed E-state index contributed by atoms with van der Waals surface area (Å²) in [5, 5.41) is 7.19. The first kappa shape index (κ1) is 22.8. The van der Waals surface area contributed by atoms with Crippen LogP contribution in [0.1, 0.15) is 64.0 Å². The number of anilines is 3. The van der Waals surface area contributed by atoms with Crippen molar-refractivity contribution in [1.82, 2.24) is 15.3 Å². The number of thiocarbonyl (C=S) groups is 1. The Balaban J connectivity index is 1.53. The van der Waals surface area contributed by atoms with Crippen LogP contribution in [-0.2, 0) is 0 Å². The minimum Gasteiger partial charge on any atom is -0.356 e. The summed E-state index contributed by atoms with van der Waals surface area (Å²) in [5.41, 5.74) is 1.19. The average molecular weight is 453 g/mol. The third-order valence-corrected chi connectivity index (χ3v) is 6.70. The van der Waals surface area contributed by atoms with Gasteiger partial charge in [0.25, 0.3) is 0 Å². The molecule has 7 heteroatoms. The highest BCUT2D eigenvalue weighted by Crippen LogP contribution is 2.27. The molecule has 0 saturated carbocycles. The van der Waals surface area contributed by atoms with Crippen LogP contribution in [0.5, 0.6) is 0 Å². The van der Waals surface area contributed by atoms with Crippen molar-refractivity contribution in [1.29, 1.82) is 0 Å². The van der Waals surface area contributed by atoms with E-state index in [9.17, 15) is 0 Å². The van der Waals surface area contributed by atoms with Gasteiger partial charge in [0.15, 0.2) is 5.11 Å². The lowest BCUT2D eigenvalue weighted by atomic mass is 10.0. The van der Waals surface area contributed by atoms with Gasteiger partial charge in [-0.05, 0) is 56.3 Å². The first-order valence-electron chi connectivity index (χ1n) is 12.1. The molecule has 2 unspecified atom stereocenters. The van der Waals surface area contributed by atoms with Gasteiger partial charge in [-0.3, -0.25) is 0 Å². The Labute approximate surface area is 197 Å². The molecule has 0 bridgehead atoms. The summed E-state index contributed by atoms with van der Waals surface area (Å²) < 4.78 is 0. The van der Waals surface area contributed by atoms with Gasteiger partial charge in [-0.2, -0.15) is 9.97 Å². The fourth-order valence-electron chi connectivity index (χ4n) is 4.66. The number of hydrogen-bond donors (Lipinski definition) is 2. The van der Waals surface area contributed by atoms with Gasteiger partial charge in [-0.1, -0.05) is 50.1 Å². The summed E-state index contributed by atoms with van der Waals surface area (Å²) in [6.45, 7) is 8.64. The third-order valence-electron chi connectivity index (χ3n) is 6.48. The molecule has 2 saturated heterocycles. The zero-order valence-corrected chi connectivity index (χ0v) is 20.2. The van der Waals surface area contributed by atoms with E-state index < -0.39 is 0 Å². The minimum atomic E-state index is 0.104. The topological polar surface area (TPSA) is 56.3 Å². The molecule has 172 valence electrons. The van der Waals surface area contributed by atoms with E-state index in [0.29, 0.717) is 17.0 Å². The molecule has 2 aliphatic rings.